The first-order chi connectivity index (χ1) is 16.6. The molecule has 0 bridgehead atoms. The van der Waals surface area contributed by atoms with Crippen LogP contribution in [-0.2, 0) is 14.8 Å². The third-order valence-corrected chi connectivity index (χ3v) is 8.74. The van der Waals surface area contributed by atoms with Gasteiger partial charge in [0.05, 0.1) is 0 Å². The lowest BCUT2D eigenvalue weighted by atomic mass is 9.91. The number of aliphatic hydroxyl groups excluding tert-OH is 1. The number of benzene rings is 2. The molecule has 2 aromatic carbocycles. The van der Waals surface area contributed by atoms with Crippen molar-refractivity contribution in [3.8, 4) is 0 Å². The Balaban J connectivity index is 1.57. The molecule has 0 amide bonds. The van der Waals surface area contributed by atoms with Crippen LogP contribution in [0, 0.1) is 5.82 Å². The van der Waals surface area contributed by atoms with Crippen molar-refractivity contribution in [1.29, 1.82) is 0 Å². The van der Waals surface area contributed by atoms with Crippen LogP contribution in [0.3, 0.4) is 0 Å². The van der Waals surface area contributed by atoms with Crippen LogP contribution in [0.2, 0.25) is 0 Å². The maximum absolute atomic E-state index is 14.4. The number of aliphatic hydroxyl groups is 1. The molecule has 2 aromatic rings. The van der Waals surface area contributed by atoms with Gasteiger partial charge in [-0.1, -0.05) is 30.3 Å². The highest BCUT2D eigenvalue weighted by molar-refractivity contribution is 7.90. The predicted molar refractivity (Wildman–Crippen MR) is 136 cm³/mol. The molecule has 0 saturated carbocycles. The Labute approximate surface area is 207 Å². The molecule has 1 N–H and O–H groups in total. The lowest BCUT2D eigenvalue weighted by Gasteiger charge is -2.38. The van der Waals surface area contributed by atoms with E-state index in [-0.39, 0.29) is 25.3 Å². The standard InChI is InChI=1S/C26H34FN3O4S/c1-26(2)25(19-8-10-21(11-9-19)30-15-13-29(3)14-16-30)35(32,33)28-24(34-26)18-20(12-17-31)22-6-4-5-7-23(22)27/h4-11,20,25,31H,12-18H2,1-3H3/t20-,25?/m1/s1. The molecule has 2 atom stereocenters. The molecule has 9 heteroatoms. The minimum atomic E-state index is -3.94. The van der Waals surface area contributed by atoms with E-state index in [0.29, 0.717) is 11.1 Å². The summed E-state index contributed by atoms with van der Waals surface area (Å²) in [5, 5.41) is 8.55. The van der Waals surface area contributed by atoms with Crippen molar-refractivity contribution in [3.05, 3.63) is 65.5 Å². The van der Waals surface area contributed by atoms with Crippen LogP contribution in [-0.4, -0.2) is 69.8 Å². The zero-order valence-corrected chi connectivity index (χ0v) is 21.3. The van der Waals surface area contributed by atoms with Gasteiger partial charge >= 0.3 is 0 Å². The Morgan fingerprint density at radius 2 is 1.77 bits per heavy atom. The average Bonchev–Trinajstić information content (AvgIpc) is 2.79. The van der Waals surface area contributed by atoms with Gasteiger partial charge in [0.25, 0.3) is 10.0 Å². The van der Waals surface area contributed by atoms with E-state index in [2.05, 4.69) is 21.2 Å². The van der Waals surface area contributed by atoms with Crippen molar-refractivity contribution in [2.75, 3.05) is 44.7 Å². The molecule has 2 aliphatic rings. The largest absolute Gasteiger partial charge is 0.472 e. The number of piperazine rings is 1. The molecular weight excluding hydrogens is 469 g/mol. The van der Waals surface area contributed by atoms with E-state index in [1.807, 2.05) is 24.3 Å². The third-order valence-electron chi connectivity index (χ3n) is 6.85. The average molecular weight is 504 g/mol. The summed E-state index contributed by atoms with van der Waals surface area (Å²) in [5.74, 6) is -0.810. The van der Waals surface area contributed by atoms with Crippen molar-refractivity contribution in [2.45, 2.75) is 43.5 Å². The highest BCUT2D eigenvalue weighted by Gasteiger charge is 2.47. The Morgan fingerprint density at radius 1 is 1.11 bits per heavy atom. The van der Waals surface area contributed by atoms with Crippen LogP contribution < -0.4 is 4.90 Å². The Bertz CT molecular complexity index is 1160. The van der Waals surface area contributed by atoms with Crippen molar-refractivity contribution < 1.29 is 22.7 Å². The topological polar surface area (TPSA) is 82.4 Å². The van der Waals surface area contributed by atoms with Crippen LogP contribution in [0.15, 0.2) is 52.9 Å². The summed E-state index contributed by atoms with van der Waals surface area (Å²) in [7, 11) is -1.84. The lowest BCUT2D eigenvalue weighted by molar-refractivity contribution is 0.0797. The van der Waals surface area contributed by atoms with Gasteiger partial charge in [-0.2, -0.15) is 0 Å². The van der Waals surface area contributed by atoms with E-state index >= 15 is 0 Å². The minimum absolute atomic E-state index is 0.0435. The molecule has 0 spiro atoms. The maximum atomic E-state index is 14.4. The second-order valence-corrected chi connectivity index (χ2v) is 11.6. The number of halogens is 1. The SMILES string of the molecule is CN1CCN(c2ccc(C3C(C)(C)OC(C[C@@H](CCO)c4ccccc4F)=NS3(=O)=O)cc2)CC1. The second kappa shape index (κ2) is 10.2. The zero-order chi connectivity index (χ0) is 25.2. The molecule has 1 unspecified atom stereocenters. The van der Waals surface area contributed by atoms with Crippen molar-refractivity contribution in [1.82, 2.24) is 4.90 Å². The number of ether oxygens (including phenoxy) is 1. The molecule has 0 aromatic heterocycles. The summed E-state index contributed by atoms with van der Waals surface area (Å²) < 4.78 is 51.3. The predicted octanol–water partition coefficient (Wildman–Crippen LogP) is 3.71. The summed E-state index contributed by atoms with van der Waals surface area (Å²) >= 11 is 0. The Kier molecular flexibility index (Phi) is 7.49. The molecule has 0 radical (unpaired) electrons. The van der Waals surface area contributed by atoms with Gasteiger partial charge in [0, 0.05) is 44.9 Å². The number of nitrogens with zero attached hydrogens (tertiary/aromatic N) is 3. The number of sulfonamides is 1. The number of hydrogen-bond acceptors (Lipinski definition) is 6. The Hall–Kier alpha value is -2.49. The van der Waals surface area contributed by atoms with Gasteiger partial charge in [-0.15, -0.1) is 4.40 Å². The minimum Gasteiger partial charge on any atom is -0.472 e. The van der Waals surface area contributed by atoms with Crippen molar-refractivity contribution in [3.63, 3.8) is 0 Å². The highest BCUT2D eigenvalue weighted by atomic mass is 32.2. The number of likely N-dealkylation sites (N-methyl/N-ethyl adjacent to an activating group) is 1. The maximum Gasteiger partial charge on any atom is 0.267 e. The summed E-state index contributed by atoms with van der Waals surface area (Å²) in [6, 6.07) is 13.9. The van der Waals surface area contributed by atoms with Gasteiger partial charge in [-0.05, 0) is 62.6 Å². The molecule has 2 aliphatic heterocycles. The van der Waals surface area contributed by atoms with E-state index in [1.165, 1.54) is 6.07 Å². The van der Waals surface area contributed by atoms with Gasteiger partial charge in [0.1, 0.15) is 16.7 Å². The molecule has 0 aliphatic carbocycles. The van der Waals surface area contributed by atoms with E-state index < -0.39 is 32.6 Å². The van der Waals surface area contributed by atoms with E-state index in [4.69, 9.17) is 4.74 Å². The fourth-order valence-corrected chi connectivity index (χ4v) is 6.81. The molecule has 35 heavy (non-hydrogen) atoms. The van der Waals surface area contributed by atoms with Crippen LogP contribution in [0.4, 0.5) is 10.1 Å². The normalized spacial score (nSPS) is 22.8. The molecule has 1 saturated heterocycles. The molecule has 2 heterocycles. The van der Waals surface area contributed by atoms with E-state index in [0.717, 1.165) is 31.9 Å². The van der Waals surface area contributed by atoms with Crippen LogP contribution in [0.25, 0.3) is 0 Å². The molecule has 4 rings (SSSR count). The Morgan fingerprint density at radius 3 is 2.37 bits per heavy atom. The van der Waals surface area contributed by atoms with Crippen LogP contribution in [0.1, 0.15) is 49.0 Å². The number of anilines is 1. The van der Waals surface area contributed by atoms with E-state index in [9.17, 15) is 17.9 Å². The fraction of sp³-hybridized carbons (Fsp3) is 0.500. The third kappa shape index (κ3) is 5.68. The second-order valence-electron chi connectivity index (χ2n) is 9.90. The summed E-state index contributed by atoms with van der Waals surface area (Å²) in [6.07, 6.45) is 0.347. The molecule has 190 valence electrons. The van der Waals surface area contributed by atoms with Gasteiger partial charge in [-0.25, -0.2) is 12.8 Å². The molecule has 7 nitrogen and oxygen atoms in total. The lowest BCUT2D eigenvalue weighted by Crippen LogP contribution is -2.44. The zero-order valence-electron chi connectivity index (χ0n) is 20.5. The first-order valence-electron chi connectivity index (χ1n) is 12.0. The summed E-state index contributed by atoms with van der Waals surface area (Å²) in [5.41, 5.74) is 1.01. The number of hydrogen-bond donors (Lipinski definition) is 1. The van der Waals surface area contributed by atoms with Gasteiger partial charge in [0.2, 0.25) is 5.90 Å². The van der Waals surface area contributed by atoms with Gasteiger partial charge in [-0.3, -0.25) is 0 Å². The van der Waals surface area contributed by atoms with Gasteiger partial charge in [0.15, 0.2) is 0 Å². The monoisotopic (exact) mass is 503 g/mol. The van der Waals surface area contributed by atoms with Gasteiger partial charge < -0.3 is 19.6 Å². The smallest absolute Gasteiger partial charge is 0.267 e. The van der Waals surface area contributed by atoms with Crippen LogP contribution in [0.5, 0.6) is 0 Å². The number of rotatable bonds is 7. The van der Waals surface area contributed by atoms with Crippen molar-refractivity contribution in [2.24, 2.45) is 4.40 Å². The summed E-state index contributed by atoms with van der Waals surface area (Å²) in [4.78, 5) is 4.58. The highest BCUT2D eigenvalue weighted by Crippen LogP contribution is 2.42. The van der Waals surface area contributed by atoms with Crippen molar-refractivity contribution >= 4 is 21.6 Å². The molecular formula is C26H34FN3O4S. The van der Waals surface area contributed by atoms with E-state index in [1.54, 1.807) is 32.0 Å². The first-order valence-corrected chi connectivity index (χ1v) is 13.5. The van der Waals surface area contributed by atoms with Crippen LogP contribution >= 0.6 is 0 Å². The summed E-state index contributed by atoms with van der Waals surface area (Å²) in [6.45, 7) is 7.14. The quantitative estimate of drug-likeness (QED) is 0.620. The fourth-order valence-electron chi connectivity index (χ4n) is 5.05. The first kappa shape index (κ1) is 25.6. The molecule has 1 fully saturated rings.